The number of nitrogens with one attached hydrogen (secondary N) is 1. The Morgan fingerprint density at radius 1 is 1.09 bits per heavy atom. The molecule has 1 N–H and O–H groups in total. The van der Waals surface area contributed by atoms with Crippen LogP contribution in [0.2, 0.25) is 0 Å². The predicted molar refractivity (Wildman–Crippen MR) is 120 cm³/mol. The maximum atomic E-state index is 13.7. The molecule has 0 fully saturated rings. The molecule has 0 amide bonds. The van der Waals surface area contributed by atoms with E-state index >= 15 is 0 Å². The number of methoxy groups -OCH3 is 1. The first kappa shape index (κ1) is 21.4. The van der Waals surface area contributed by atoms with Crippen LogP contribution >= 0.6 is 0 Å². The van der Waals surface area contributed by atoms with Crippen LogP contribution in [0.5, 0.6) is 5.75 Å². The lowest BCUT2D eigenvalue weighted by Crippen LogP contribution is -2.24. The topological polar surface area (TPSA) is 86.3 Å². The molecular weight excluding hydrogens is 449 g/mol. The smallest absolute Gasteiger partial charge is 0.405 e. The predicted octanol–water partition coefficient (Wildman–Crippen LogP) is 4.08. The van der Waals surface area contributed by atoms with Crippen molar-refractivity contribution in [3.8, 4) is 22.6 Å². The second-order valence-corrected chi connectivity index (χ2v) is 7.45. The highest BCUT2D eigenvalue weighted by Gasteiger charge is 2.27. The fourth-order valence-corrected chi connectivity index (χ4v) is 3.62. The Bertz CT molecular complexity index is 1560. The van der Waals surface area contributed by atoms with Gasteiger partial charge < -0.3 is 14.5 Å². The lowest BCUT2D eigenvalue weighted by atomic mass is 10.1. The highest BCUT2D eigenvalue weighted by atomic mass is 19.4. The van der Waals surface area contributed by atoms with Gasteiger partial charge in [0.05, 0.1) is 12.8 Å². The number of hydrogen-bond acceptors (Lipinski definition) is 6. The summed E-state index contributed by atoms with van der Waals surface area (Å²) < 4.78 is 46.3. The minimum Gasteiger partial charge on any atom is -0.497 e. The zero-order valence-corrected chi connectivity index (χ0v) is 17.7. The zero-order chi connectivity index (χ0) is 23.9. The number of rotatable bonds is 5. The van der Waals surface area contributed by atoms with Crippen molar-refractivity contribution in [2.24, 2.45) is 0 Å². The van der Waals surface area contributed by atoms with Crippen molar-refractivity contribution in [2.75, 3.05) is 19.0 Å². The minimum absolute atomic E-state index is 0.169. The van der Waals surface area contributed by atoms with Crippen molar-refractivity contribution in [1.29, 1.82) is 0 Å². The average Bonchev–Trinajstić information content (AvgIpc) is 3.30. The highest BCUT2D eigenvalue weighted by molar-refractivity contribution is 5.83. The van der Waals surface area contributed by atoms with Crippen molar-refractivity contribution >= 4 is 22.6 Å². The summed E-state index contributed by atoms with van der Waals surface area (Å²) in [5.41, 5.74) is 1.99. The number of alkyl halides is 3. The first-order valence-corrected chi connectivity index (χ1v) is 10.1. The van der Waals surface area contributed by atoms with E-state index in [9.17, 15) is 18.0 Å². The summed E-state index contributed by atoms with van der Waals surface area (Å²) in [5.74, 6) is 0.351. The Morgan fingerprint density at radius 3 is 2.62 bits per heavy atom. The fraction of sp³-hybridized carbons (Fsp3) is 0.130. The third-order valence-corrected chi connectivity index (χ3v) is 5.22. The SMILES string of the molecule is COc1ccc(-n2c(=O)c(-c3ccc4nccn4c3)cc3cnc(NCC(F)(F)F)nc32)cc1. The van der Waals surface area contributed by atoms with E-state index in [1.165, 1.54) is 17.9 Å². The number of aromatic nitrogens is 5. The summed E-state index contributed by atoms with van der Waals surface area (Å²) in [6, 6.07) is 11.9. The van der Waals surface area contributed by atoms with E-state index in [0.717, 1.165) is 5.65 Å². The molecule has 0 saturated carbocycles. The lowest BCUT2D eigenvalue weighted by molar-refractivity contribution is -0.115. The third-order valence-electron chi connectivity index (χ3n) is 5.22. The van der Waals surface area contributed by atoms with Crippen LogP contribution in [0.3, 0.4) is 0 Å². The number of hydrogen-bond donors (Lipinski definition) is 1. The van der Waals surface area contributed by atoms with Crippen LogP contribution in [-0.2, 0) is 0 Å². The van der Waals surface area contributed by atoms with E-state index in [-0.39, 0.29) is 11.6 Å². The summed E-state index contributed by atoms with van der Waals surface area (Å²) in [7, 11) is 1.52. The quantitative estimate of drug-likeness (QED) is 0.420. The molecule has 0 bridgehead atoms. The third kappa shape index (κ3) is 4.03. The number of ether oxygens (including phenoxy) is 1. The van der Waals surface area contributed by atoms with Gasteiger partial charge in [0.15, 0.2) is 5.65 Å². The molecule has 0 aliphatic carbocycles. The van der Waals surface area contributed by atoms with Crippen molar-refractivity contribution in [3.63, 3.8) is 0 Å². The summed E-state index contributed by atoms with van der Waals surface area (Å²) in [5, 5.41) is 2.64. The van der Waals surface area contributed by atoms with Gasteiger partial charge in [0.2, 0.25) is 5.95 Å². The maximum Gasteiger partial charge on any atom is 0.405 e. The van der Waals surface area contributed by atoms with E-state index in [0.29, 0.717) is 28.0 Å². The van der Waals surface area contributed by atoms with E-state index in [4.69, 9.17) is 4.74 Å². The van der Waals surface area contributed by atoms with Gasteiger partial charge >= 0.3 is 6.18 Å². The van der Waals surface area contributed by atoms with Crippen LogP contribution < -0.4 is 15.6 Å². The van der Waals surface area contributed by atoms with Crippen LogP contribution in [0, 0.1) is 0 Å². The Labute approximate surface area is 190 Å². The van der Waals surface area contributed by atoms with Gasteiger partial charge in [-0.15, -0.1) is 0 Å². The van der Waals surface area contributed by atoms with E-state index in [2.05, 4.69) is 20.3 Å². The summed E-state index contributed by atoms with van der Waals surface area (Å²) in [6.07, 6.45) is 2.15. The molecule has 34 heavy (non-hydrogen) atoms. The molecule has 4 aromatic heterocycles. The molecule has 0 aliphatic rings. The minimum atomic E-state index is -4.44. The highest BCUT2D eigenvalue weighted by Crippen LogP contribution is 2.25. The molecule has 0 spiro atoms. The van der Waals surface area contributed by atoms with Gasteiger partial charge in [0, 0.05) is 41.3 Å². The second-order valence-electron chi connectivity index (χ2n) is 7.45. The Kier molecular flexibility index (Phi) is 5.16. The number of pyridine rings is 2. The monoisotopic (exact) mass is 466 g/mol. The molecule has 5 rings (SSSR count). The number of benzene rings is 1. The van der Waals surface area contributed by atoms with Gasteiger partial charge in [-0.1, -0.05) is 0 Å². The van der Waals surface area contributed by atoms with Crippen LogP contribution in [0.1, 0.15) is 0 Å². The summed E-state index contributed by atoms with van der Waals surface area (Å²) in [6.45, 7) is -1.30. The molecule has 172 valence electrons. The molecule has 0 atom stereocenters. The average molecular weight is 466 g/mol. The number of imidazole rings is 1. The van der Waals surface area contributed by atoms with Crippen LogP contribution in [0.15, 0.2) is 72.0 Å². The number of nitrogens with zero attached hydrogens (tertiary/aromatic N) is 5. The molecule has 11 heteroatoms. The van der Waals surface area contributed by atoms with Crippen LogP contribution in [-0.4, -0.2) is 43.8 Å². The molecule has 0 saturated heterocycles. The molecule has 0 unspecified atom stereocenters. The fourth-order valence-electron chi connectivity index (χ4n) is 3.62. The van der Waals surface area contributed by atoms with Gasteiger partial charge in [-0.2, -0.15) is 18.2 Å². The summed E-state index contributed by atoms with van der Waals surface area (Å²) in [4.78, 5) is 26.1. The van der Waals surface area contributed by atoms with Gasteiger partial charge in [0.25, 0.3) is 5.56 Å². The zero-order valence-electron chi connectivity index (χ0n) is 17.7. The molecule has 5 aromatic rings. The normalized spacial score (nSPS) is 11.8. The Morgan fingerprint density at radius 2 is 1.88 bits per heavy atom. The number of fused-ring (bicyclic) bond motifs is 2. The second kappa shape index (κ2) is 8.18. The van der Waals surface area contributed by atoms with Crippen molar-refractivity contribution in [2.45, 2.75) is 6.18 Å². The first-order valence-electron chi connectivity index (χ1n) is 10.1. The van der Waals surface area contributed by atoms with Gasteiger partial charge in [-0.25, -0.2) is 9.97 Å². The van der Waals surface area contributed by atoms with Crippen LogP contribution in [0.4, 0.5) is 19.1 Å². The van der Waals surface area contributed by atoms with Crippen molar-refractivity contribution < 1.29 is 17.9 Å². The van der Waals surface area contributed by atoms with E-state index < -0.39 is 18.3 Å². The molecule has 0 radical (unpaired) electrons. The molecule has 1 aromatic carbocycles. The molecule has 0 aliphatic heterocycles. The van der Waals surface area contributed by atoms with Gasteiger partial charge in [0.1, 0.15) is 17.9 Å². The molecular formula is C23H17F3N6O2. The largest absolute Gasteiger partial charge is 0.497 e. The molecule has 4 heterocycles. The Balaban J connectivity index is 1.72. The molecule has 8 nitrogen and oxygen atoms in total. The number of halogens is 3. The Hall–Kier alpha value is -4.41. The van der Waals surface area contributed by atoms with Crippen molar-refractivity contribution in [3.05, 3.63) is 77.6 Å². The standard InChI is InChI=1S/C23H17F3N6O2/c1-34-17-5-3-16(4-6-17)32-20-15(11-28-22(30-20)29-13-23(24,25)26)10-18(21(32)33)14-2-7-19-27-8-9-31(19)12-14/h2-12H,13H2,1H3,(H,28,29,30). The number of anilines is 1. The van der Waals surface area contributed by atoms with Crippen molar-refractivity contribution in [1.82, 2.24) is 23.9 Å². The van der Waals surface area contributed by atoms with Crippen LogP contribution in [0.25, 0.3) is 33.5 Å². The summed E-state index contributed by atoms with van der Waals surface area (Å²) >= 11 is 0. The van der Waals surface area contributed by atoms with Gasteiger partial charge in [-0.05, 0) is 42.5 Å². The lowest BCUT2D eigenvalue weighted by Gasteiger charge is -2.14. The first-order chi connectivity index (χ1) is 16.3. The van der Waals surface area contributed by atoms with Gasteiger partial charge in [-0.3, -0.25) is 9.36 Å². The van der Waals surface area contributed by atoms with E-state index in [1.807, 2.05) is 0 Å². The van der Waals surface area contributed by atoms with E-state index in [1.54, 1.807) is 65.5 Å². The maximum absolute atomic E-state index is 13.7.